The van der Waals surface area contributed by atoms with Crippen LogP contribution in [0.4, 0.5) is 0 Å². The van der Waals surface area contributed by atoms with Crippen molar-refractivity contribution in [1.29, 1.82) is 0 Å². The summed E-state index contributed by atoms with van der Waals surface area (Å²) in [6.45, 7) is 7.85. The maximum atomic E-state index is 10.7. The first-order chi connectivity index (χ1) is 14.7. The molecule has 1 N–H and O–H groups in total. The Morgan fingerprint density at radius 2 is 1.16 bits per heavy atom. The quantitative estimate of drug-likeness (QED) is 0.356. The van der Waals surface area contributed by atoms with E-state index >= 15 is 0 Å². The molecule has 0 aromatic heterocycles. The van der Waals surface area contributed by atoms with E-state index in [-0.39, 0.29) is 4.90 Å². The van der Waals surface area contributed by atoms with Crippen LogP contribution in [0.3, 0.4) is 0 Å². The molecule has 1 unspecified atom stereocenters. The van der Waals surface area contributed by atoms with Gasteiger partial charge in [-0.05, 0) is 38.1 Å². The number of aliphatic hydroxyl groups excluding tert-OH is 1. The van der Waals surface area contributed by atoms with Crippen LogP contribution < -0.4 is 4.18 Å². The molecule has 0 aliphatic heterocycles. The fourth-order valence-corrected chi connectivity index (χ4v) is 2.51. The van der Waals surface area contributed by atoms with Crippen LogP contribution in [0.15, 0.2) is 53.4 Å². The van der Waals surface area contributed by atoms with Gasteiger partial charge >= 0.3 is 60.9 Å². The van der Waals surface area contributed by atoms with Gasteiger partial charge < -0.3 is 9.29 Å². The van der Waals surface area contributed by atoms with Crippen molar-refractivity contribution in [2.75, 3.05) is 14.2 Å². The first-order valence-electron chi connectivity index (χ1n) is 8.65. The third-order valence-electron chi connectivity index (χ3n) is 2.62. The average Bonchev–Trinajstić information content (AvgIpc) is 2.71. The Hall–Kier alpha value is 0.593. The van der Waals surface area contributed by atoms with E-state index in [0.29, 0.717) is 5.75 Å². The molecule has 0 spiro atoms. The zero-order valence-corrected chi connectivity index (χ0v) is 26.2. The number of aliphatic hydroxyl groups is 1. The van der Waals surface area contributed by atoms with Crippen molar-refractivity contribution in [2.24, 2.45) is 0 Å². The maximum absolute atomic E-state index is 10.7. The van der Waals surface area contributed by atoms with E-state index in [4.69, 9.17) is 54.0 Å². The van der Waals surface area contributed by atoms with Gasteiger partial charge in [-0.15, -0.1) is 0 Å². The van der Waals surface area contributed by atoms with Gasteiger partial charge in [-0.1, -0.05) is 49.2 Å². The Kier molecular flexibility index (Phi) is 24.3. The average molecular weight is 672 g/mol. The van der Waals surface area contributed by atoms with Crippen molar-refractivity contribution in [3.05, 3.63) is 59.7 Å². The van der Waals surface area contributed by atoms with E-state index in [0.717, 1.165) is 18.2 Å². The number of hydrogen-bond acceptors (Lipinski definition) is 6. The topological polar surface area (TPSA) is 89.9 Å². The van der Waals surface area contributed by atoms with Crippen LogP contribution in [0.5, 0.6) is 5.75 Å². The van der Waals surface area contributed by atoms with Crippen LogP contribution in [0.25, 0.3) is 0 Å². The number of aryl methyl sites for hydroxylation is 2. The van der Waals surface area contributed by atoms with Crippen molar-refractivity contribution in [1.82, 2.24) is 0 Å². The Labute approximate surface area is 217 Å². The predicted octanol–water partition coefficient (Wildman–Crippen LogP) is 6.91. The van der Waals surface area contributed by atoms with Gasteiger partial charge in [0.05, 0.1) is 12.0 Å². The van der Waals surface area contributed by atoms with Gasteiger partial charge in [-0.3, -0.25) is 4.18 Å². The number of rotatable bonds is 4. The molecule has 32 heavy (non-hydrogen) atoms. The fourth-order valence-electron chi connectivity index (χ4n) is 1.41. The second-order valence-corrected chi connectivity index (χ2v) is 30.8. The molecule has 1 atom stereocenters. The standard InChI is InChI=1S/C8H10O3S.C7H7ClO2S.C2H6.CH4O.4ClH.Zr/c1-7-3-5-8(6-4-7)11-12(9)10-2;1-6-2-4-7(5-3-6)11(8,9)10;2*1-2;;;;;/h3-6H,1-2H3;2-5H,1H3;1-2H3;2H,1H3;4*1H;/q;;;;;;;;+4/p-4. The Morgan fingerprint density at radius 1 is 0.844 bits per heavy atom. The molecule has 0 fully saturated rings. The van der Waals surface area contributed by atoms with Gasteiger partial charge in [0.1, 0.15) is 5.75 Å². The van der Waals surface area contributed by atoms with Gasteiger partial charge in [0.15, 0.2) is 0 Å². The molecule has 2 aromatic carbocycles. The summed E-state index contributed by atoms with van der Waals surface area (Å²) in [5.74, 6) is 0.542. The third kappa shape index (κ3) is 25.2. The summed E-state index contributed by atoms with van der Waals surface area (Å²) in [5.41, 5.74) is 2.14. The molecule has 14 heteroatoms. The third-order valence-corrected chi connectivity index (χ3v) is 4.59. The molecule has 0 radical (unpaired) electrons. The summed E-state index contributed by atoms with van der Waals surface area (Å²) in [4.78, 5) is 0.143. The fraction of sp³-hybridized carbons (Fsp3) is 0.333. The molecule has 0 saturated carbocycles. The van der Waals surface area contributed by atoms with E-state index in [2.05, 4.69) is 4.18 Å². The molecule has 6 nitrogen and oxygen atoms in total. The Morgan fingerprint density at radius 3 is 1.44 bits per heavy atom. The summed E-state index contributed by atoms with van der Waals surface area (Å²) in [7, 11) is 24.0. The summed E-state index contributed by atoms with van der Waals surface area (Å²) in [6.07, 6.45) is 0. The second-order valence-electron chi connectivity index (χ2n) is 4.95. The first-order valence-corrected chi connectivity index (χ1v) is 24.6. The summed E-state index contributed by atoms with van der Waals surface area (Å²) < 4.78 is 41.5. The van der Waals surface area contributed by atoms with Gasteiger partial charge in [0.25, 0.3) is 9.05 Å². The molecule has 0 aliphatic carbocycles. The van der Waals surface area contributed by atoms with Crippen LogP contribution in [-0.2, 0) is 40.1 Å². The second kappa shape index (κ2) is 20.9. The van der Waals surface area contributed by atoms with Crippen molar-refractivity contribution in [3.63, 3.8) is 0 Å². The van der Waals surface area contributed by atoms with Crippen LogP contribution >= 0.6 is 44.7 Å². The Balaban J connectivity index is -0.000000388. The van der Waals surface area contributed by atoms with E-state index in [9.17, 15) is 12.6 Å². The monoisotopic (exact) mass is 668 g/mol. The first kappa shape index (κ1) is 37.1. The minimum atomic E-state index is -3.55. The van der Waals surface area contributed by atoms with E-state index in [1.807, 2.05) is 39.8 Å². The zero-order valence-electron chi connectivity index (χ0n) is 18.3. The molecule has 0 saturated heterocycles. The van der Waals surface area contributed by atoms with E-state index in [1.165, 1.54) is 19.2 Å². The number of benzene rings is 2. The van der Waals surface area contributed by atoms with E-state index < -0.39 is 35.9 Å². The van der Waals surface area contributed by atoms with Gasteiger partial charge in [0.2, 0.25) is 0 Å². The number of halogens is 5. The molecule has 0 heterocycles. The molecule has 0 amide bonds. The zero-order chi connectivity index (χ0) is 26.0. The van der Waals surface area contributed by atoms with Gasteiger partial charge in [-0.25, -0.2) is 8.42 Å². The SMILES string of the molecule is CC.CO.COS(=O)Oc1ccc(C)cc1.Cc1ccc(S(=O)(=O)Cl)cc1.[Cl][Zr]([Cl])([Cl])[Cl]. The summed E-state index contributed by atoms with van der Waals surface area (Å²) in [5, 5.41) is 7.00. The van der Waals surface area contributed by atoms with Crippen LogP contribution in [0.1, 0.15) is 25.0 Å². The molecule has 186 valence electrons. The van der Waals surface area contributed by atoms with Crippen LogP contribution in [-0.4, -0.2) is 32.0 Å². The van der Waals surface area contributed by atoms with Gasteiger partial charge in [0, 0.05) is 17.8 Å². The van der Waals surface area contributed by atoms with Crippen molar-refractivity contribution in [3.8, 4) is 5.75 Å². The molecular formula is C18H27Cl5O6S2Zr. The summed E-state index contributed by atoms with van der Waals surface area (Å²) >= 11 is -4.98. The van der Waals surface area contributed by atoms with Crippen molar-refractivity contribution >= 4 is 65.1 Å². The molecule has 0 aliphatic rings. The molecule has 2 aromatic rings. The van der Waals surface area contributed by atoms with Crippen molar-refractivity contribution in [2.45, 2.75) is 32.6 Å². The normalized spacial score (nSPS) is 10.9. The molecular weight excluding hydrogens is 645 g/mol. The minimum absolute atomic E-state index is 0.143. The van der Waals surface area contributed by atoms with E-state index in [1.54, 1.807) is 24.3 Å². The predicted molar refractivity (Wildman–Crippen MR) is 134 cm³/mol. The van der Waals surface area contributed by atoms with Crippen molar-refractivity contribution < 1.29 is 41.6 Å². The van der Waals surface area contributed by atoms with Crippen LogP contribution in [0, 0.1) is 13.8 Å². The number of hydrogen-bond donors (Lipinski definition) is 1. The van der Waals surface area contributed by atoms with Gasteiger partial charge in [-0.2, -0.15) is 4.21 Å². The summed E-state index contributed by atoms with van der Waals surface area (Å²) in [6, 6.07) is 13.6. The van der Waals surface area contributed by atoms with Crippen LogP contribution in [0.2, 0.25) is 0 Å². The molecule has 2 rings (SSSR count). The molecule has 0 bridgehead atoms. The Bertz CT molecular complexity index is 840.